The van der Waals surface area contributed by atoms with Gasteiger partial charge in [0.25, 0.3) is 0 Å². The van der Waals surface area contributed by atoms with E-state index < -0.39 is 0 Å². The molecule has 2 aromatic heterocycles. The predicted octanol–water partition coefficient (Wildman–Crippen LogP) is 2.11. The van der Waals surface area contributed by atoms with Crippen molar-refractivity contribution >= 4 is 15.9 Å². The van der Waals surface area contributed by atoms with E-state index in [-0.39, 0.29) is 0 Å². The molecule has 16 heavy (non-hydrogen) atoms. The van der Waals surface area contributed by atoms with E-state index in [1.807, 2.05) is 24.6 Å². The van der Waals surface area contributed by atoms with Crippen molar-refractivity contribution in [2.75, 3.05) is 0 Å². The van der Waals surface area contributed by atoms with Crippen LogP contribution in [-0.2, 0) is 6.54 Å². The van der Waals surface area contributed by atoms with E-state index in [4.69, 9.17) is 5.73 Å². The van der Waals surface area contributed by atoms with Crippen molar-refractivity contribution in [1.82, 2.24) is 14.8 Å². The number of halogens is 1. The van der Waals surface area contributed by atoms with Crippen LogP contribution < -0.4 is 5.73 Å². The predicted molar refractivity (Wildman–Crippen MR) is 66.4 cm³/mol. The second-order valence-corrected chi connectivity index (χ2v) is 4.40. The van der Waals surface area contributed by atoms with Gasteiger partial charge in [0.05, 0.1) is 21.5 Å². The fourth-order valence-corrected chi connectivity index (χ4v) is 1.89. The summed E-state index contributed by atoms with van der Waals surface area (Å²) in [7, 11) is 0. The van der Waals surface area contributed by atoms with Crippen LogP contribution in [0.4, 0.5) is 0 Å². The standard InChI is InChI=1S/C11H13BrN4/c1-7-11(12)8(2)16(15-7)10-3-4-14-6-9(10)5-13/h3-4,6H,5,13H2,1-2H3. The quantitative estimate of drug-likeness (QED) is 0.917. The van der Waals surface area contributed by atoms with Gasteiger partial charge < -0.3 is 5.73 Å². The van der Waals surface area contributed by atoms with E-state index in [1.165, 1.54) is 0 Å². The molecule has 5 heteroatoms. The largest absolute Gasteiger partial charge is 0.326 e. The molecule has 0 amide bonds. The molecule has 0 atom stereocenters. The van der Waals surface area contributed by atoms with E-state index in [0.717, 1.165) is 27.1 Å². The Morgan fingerprint density at radius 2 is 2.19 bits per heavy atom. The first-order chi connectivity index (χ1) is 7.65. The number of hydrogen-bond acceptors (Lipinski definition) is 3. The molecule has 2 rings (SSSR count). The summed E-state index contributed by atoms with van der Waals surface area (Å²) >= 11 is 3.51. The highest BCUT2D eigenvalue weighted by Crippen LogP contribution is 2.24. The minimum Gasteiger partial charge on any atom is -0.326 e. The Bertz CT molecular complexity index is 519. The zero-order chi connectivity index (χ0) is 11.7. The van der Waals surface area contributed by atoms with Crippen LogP contribution in [0.3, 0.4) is 0 Å². The minimum atomic E-state index is 0.457. The molecule has 0 bridgehead atoms. The van der Waals surface area contributed by atoms with Crippen LogP contribution in [0.5, 0.6) is 0 Å². The van der Waals surface area contributed by atoms with Crippen LogP contribution in [0, 0.1) is 13.8 Å². The van der Waals surface area contributed by atoms with Gasteiger partial charge in [-0.25, -0.2) is 4.68 Å². The van der Waals surface area contributed by atoms with Crippen molar-refractivity contribution in [3.05, 3.63) is 39.9 Å². The van der Waals surface area contributed by atoms with Crippen LogP contribution in [0.15, 0.2) is 22.9 Å². The molecular weight excluding hydrogens is 268 g/mol. The third-order valence-electron chi connectivity index (χ3n) is 2.53. The summed E-state index contributed by atoms with van der Waals surface area (Å²) in [5, 5.41) is 4.48. The highest BCUT2D eigenvalue weighted by atomic mass is 79.9. The third-order valence-corrected chi connectivity index (χ3v) is 3.68. The molecule has 0 unspecified atom stereocenters. The number of nitrogens with two attached hydrogens (primary N) is 1. The molecule has 0 spiro atoms. The maximum absolute atomic E-state index is 5.69. The highest BCUT2D eigenvalue weighted by molar-refractivity contribution is 9.10. The van der Waals surface area contributed by atoms with Gasteiger partial charge in [-0.2, -0.15) is 5.10 Å². The van der Waals surface area contributed by atoms with Crippen molar-refractivity contribution < 1.29 is 0 Å². The van der Waals surface area contributed by atoms with E-state index in [9.17, 15) is 0 Å². The van der Waals surface area contributed by atoms with Gasteiger partial charge in [-0.05, 0) is 35.8 Å². The number of hydrogen-bond donors (Lipinski definition) is 1. The molecule has 0 aromatic carbocycles. The van der Waals surface area contributed by atoms with Gasteiger partial charge in [0.15, 0.2) is 0 Å². The lowest BCUT2D eigenvalue weighted by atomic mass is 10.2. The first kappa shape index (κ1) is 11.3. The zero-order valence-electron chi connectivity index (χ0n) is 9.24. The zero-order valence-corrected chi connectivity index (χ0v) is 10.8. The summed E-state index contributed by atoms with van der Waals surface area (Å²) < 4.78 is 2.93. The number of aromatic nitrogens is 3. The van der Waals surface area contributed by atoms with Crippen molar-refractivity contribution in [3.63, 3.8) is 0 Å². The van der Waals surface area contributed by atoms with Crippen LogP contribution in [0.25, 0.3) is 5.69 Å². The van der Waals surface area contributed by atoms with Crippen molar-refractivity contribution in [3.8, 4) is 5.69 Å². The highest BCUT2D eigenvalue weighted by Gasteiger charge is 2.12. The average Bonchev–Trinajstić information content (AvgIpc) is 2.57. The summed E-state index contributed by atoms with van der Waals surface area (Å²) in [6.07, 6.45) is 3.53. The lowest BCUT2D eigenvalue weighted by molar-refractivity contribution is 0.814. The van der Waals surface area contributed by atoms with Crippen molar-refractivity contribution in [2.45, 2.75) is 20.4 Å². The van der Waals surface area contributed by atoms with Gasteiger partial charge in [-0.15, -0.1) is 0 Å². The molecule has 2 N–H and O–H groups in total. The first-order valence-corrected chi connectivity index (χ1v) is 5.79. The minimum absolute atomic E-state index is 0.457. The van der Waals surface area contributed by atoms with E-state index in [1.54, 1.807) is 12.4 Å². The normalized spacial score (nSPS) is 10.8. The van der Waals surface area contributed by atoms with Gasteiger partial charge in [0.1, 0.15) is 0 Å². The summed E-state index contributed by atoms with van der Waals surface area (Å²) in [6, 6.07) is 1.92. The summed E-state index contributed by atoms with van der Waals surface area (Å²) in [5.41, 5.74) is 9.70. The molecule has 0 saturated carbocycles. The number of rotatable bonds is 2. The van der Waals surface area contributed by atoms with Gasteiger partial charge >= 0.3 is 0 Å². The molecule has 84 valence electrons. The number of pyridine rings is 1. The SMILES string of the molecule is Cc1nn(-c2ccncc2CN)c(C)c1Br. The third kappa shape index (κ3) is 1.76. The Morgan fingerprint density at radius 3 is 2.75 bits per heavy atom. The van der Waals surface area contributed by atoms with E-state index in [2.05, 4.69) is 26.0 Å². The molecule has 0 fully saturated rings. The van der Waals surface area contributed by atoms with Gasteiger partial charge in [0.2, 0.25) is 0 Å². The number of aryl methyl sites for hydroxylation is 1. The Hall–Kier alpha value is -1.20. The van der Waals surface area contributed by atoms with Crippen LogP contribution in [-0.4, -0.2) is 14.8 Å². The van der Waals surface area contributed by atoms with Gasteiger partial charge in [-0.1, -0.05) is 0 Å². The van der Waals surface area contributed by atoms with Gasteiger partial charge in [-0.3, -0.25) is 4.98 Å². The van der Waals surface area contributed by atoms with E-state index >= 15 is 0 Å². The molecule has 2 aromatic rings. The fraction of sp³-hybridized carbons (Fsp3) is 0.273. The Morgan fingerprint density at radius 1 is 1.44 bits per heavy atom. The van der Waals surface area contributed by atoms with Gasteiger partial charge in [0, 0.05) is 24.5 Å². The van der Waals surface area contributed by atoms with Crippen molar-refractivity contribution in [2.24, 2.45) is 5.73 Å². The monoisotopic (exact) mass is 280 g/mol. The van der Waals surface area contributed by atoms with Crippen LogP contribution >= 0.6 is 15.9 Å². The molecule has 0 saturated heterocycles. The molecule has 2 heterocycles. The summed E-state index contributed by atoms with van der Waals surface area (Å²) in [5.74, 6) is 0. The summed E-state index contributed by atoms with van der Waals surface area (Å²) in [6.45, 7) is 4.45. The smallest absolute Gasteiger partial charge is 0.0743 e. The molecule has 4 nitrogen and oxygen atoms in total. The molecule has 0 aliphatic heterocycles. The van der Waals surface area contributed by atoms with E-state index in [0.29, 0.717) is 6.54 Å². The first-order valence-electron chi connectivity index (χ1n) is 5.00. The Kier molecular flexibility index (Phi) is 3.07. The lowest BCUT2D eigenvalue weighted by Crippen LogP contribution is -2.07. The maximum Gasteiger partial charge on any atom is 0.0743 e. The molecular formula is C11H13BrN4. The second-order valence-electron chi connectivity index (χ2n) is 3.61. The maximum atomic E-state index is 5.69. The fourth-order valence-electron chi connectivity index (χ4n) is 1.64. The lowest BCUT2D eigenvalue weighted by Gasteiger charge is -2.08. The molecule has 0 aliphatic carbocycles. The second kappa shape index (κ2) is 4.35. The van der Waals surface area contributed by atoms with Crippen LogP contribution in [0.1, 0.15) is 17.0 Å². The Labute approximate surface area is 103 Å². The molecule has 0 radical (unpaired) electrons. The van der Waals surface area contributed by atoms with Crippen LogP contribution in [0.2, 0.25) is 0 Å². The van der Waals surface area contributed by atoms with Crippen molar-refractivity contribution in [1.29, 1.82) is 0 Å². The molecule has 0 aliphatic rings. The Balaban J connectivity index is 2.63. The number of nitrogens with zero attached hydrogens (tertiary/aromatic N) is 3. The summed E-state index contributed by atoms with van der Waals surface area (Å²) in [4.78, 5) is 4.07. The average molecular weight is 281 g/mol. The topological polar surface area (TPSA) is 56.7 Å².